The Bertz CT molecular complexity index is 1160. The molecule has 0 spiro atoms. The lowest BCUT2D eigenvalue weighted by Gasteiger charge is -2.16. The van der Waals surface area contributed by atoms with Crippen LogP contribution in [0.25, 0.3) is 10.8 Å². The molecule has 0 bridgehead atoms. The van der Waals surface area contributed by atoms with Crippen LogP contribution in [0.4, 0.5) is 0 Å². The van der Waals surface area contributed by atoms with Crippen molar-refractivity contribution in [3.8, 4) is 11.6 Å². The average molecular weight is 469 g/mol. The van der Waals surface area contributed by atoms with Gasteiger partial charge in [0.15, 0.2) is 0 Å². The predicted molar refractivity (Wildman–Crippen MR) is 143 cm³/mol. The molecule has 4 nitrogen and oxygen atoms in total. The summed E-state index contributed by atoms with van der Waals surface area (Å²) in [6.07, 6.45) is 9.75. The smallest absolute Gasteiger partial charge is 0.216 e. The molecule has 0 fully saturated rings. The molecule has 1 atom stereocenters. The van der Waals surface area contributed by atoms with Crippen LogP contribution in [-0.2, 0) is 6.61 Å². The van der Waals surface area contributed by atoms with E-state index in [1.807, 2.05) is 30.5 Å². The van der Waals surface area contributed by atoms with Gasteiger partial charge in [0.2, 0.25) is 5.88 Å². The van der Waals surface area contributed by atoms with Gasteiger partial charge in [0.05, 0.1) is 6.61 Å². The summed E-state index contributed by atoms with van der Waals surface area (Å²) in [7, 11) is 0. The minimum Gasteiger partial charge on any atom is -0.494 e. The van der Waals surface area contributed by atoms with E-state index >= 15 is 0 Å². The largest absolute Gasteiger partial charge is 0.494 e. The van der Waals surface area contributed by atoms with Crippen LogP contribution in [0.3, 0.4) is 0 Å². The first-order valence-electron chi connectivity index (χ1n) is 12.9. The molecule has 0 saturated heterocycles. The van der Waals surface area contributed by atoms with Crippen molar-refractivity contribution >= 4 is 10.8 Å². The maximum Gasteiger partial charge on any atom is 0.216 e. The SMILES string of the molecule is CCCCC(CCCCCOc1ccc2ccccc2c1)c1nccc(OCc2ccccc2)n1. The van der Waals surface area contributed by atoms with Crippen molar-refractivity contribution in [1.82, 2.24) is 9.97 Å². The van der Waals surface area contributed by atoms with Gasteiger partial charge in [-0.15, -0.1) is 0 Å². The summed E-state index contributed by atoms with van der Waals surface area (Å²) >= 11 is 0. The fourth-order valence-electron chi connectivity index (χ4n) is 4.33. The summed E-state index contributed by atoms with van der Waals surface area (Å²) in [5.74, 6) is 2.89. The van der Waals surface area contributed by atoms with E-state index in [1.165, 1.54) is 23.6 Å². The highest BCUT2D eigenvalue weighted by Crippen LogP contribution is 2.27. The van der Waals surface area contributed by atoms with Crippen LogP contribution in [-0.4, -0.2) is 16.6 Å². The van der Waals surface area contributed by atoms with Gasteiger partial charge in [-0.3, -0.25) is 0 Å². The second kappa shape index (κ2) is 13.5. The Kier molecular flexibility index (Phi) is 9.52. The zero-order valence-electron chi connectivity index (χ0n) is 20.7. The minimum absolute atomic E-state index is 0.372. The Hall–Kier alpha value is -3.40. The Balaban J connectivity index is 1.23. The number of rotatable bonds is 14. The standard InChI is InChI=1S/C31H36N2O2/c1-2-3-14-27(31-32-21-20-30(33-31)35-24-25-12-6-4-7-13-25)16-8-5-11-22-34-29-19-18-26-15-9-10-17-28(26)23-29/h4,6-7,9-10,12-13,15,17-21,23,27H,2-3,5,8,11,14,16,22,24H2,1H3. The van der Waals surface area contributed by atoms with E-state index in [4.69, 9.17) is 14.5 Å². The lowest BCUT2D eigenvalue weighted by Crippen LogP contribution is -2.07. The van der Waals surface area contributed by atoms with E-state index in [2.05, 4.69) is 66.5 Å². The molecule has 0 aliphatic carbocycles. The van der Waals surface area contributed by atoms with Crippen LogP contribution < -0.4 is 9.47 Å². The van der Waals surface area contributed by atoms with E-state index < -0.39 is 0 Å². The summed E-state index contributed by atoms with van der Waals surface area (Å²) in [6.45, 7) is 3.51. The number of aromatic nitrogens is 2. The van der Waals surface area contributed by atoms with Crippen molar-refractivity contribution in [3.05, 3.63) is 96.4 Å². The van der Waals surface area contributed by atoms with E-state index in [-0.39, 0.29) is 0 Å². The third-order valence-electron chi connectivity index (χ3n) is 6.34. The zero-order valence-corrected chi connectivity index (χ0v) is 20.7. The molecule has 1 unspecified atom stereocenters. The summed E-state index contributed by atoms with van der Waals surface area (Å²) in [4.78, 5) is 9.37. The molecule has 0 amide bonds. The molecular formula is C31H36N2O2. The zero-order chi connectivity index (χ0) is 24.1. The van der Waals surface area contributed by atoms with Crippen LogP contribution in [0.5, 0.6) is 11.6 Å². The summed E-state index contributed by atoms with van der Waals surface area (Å²) < 4.78 is 12.0. The molecule has 0 N–H and O–H groups in total. The molecule has 0 saturated carbocycles. The first kappa shape index (κ1) is 24.7. The van der Waals surface area contributed by atoms with E-state index in [1.54, 1.807) is 0 Å². The van der Waals surface area contributed by atoms with Gasteiger partial charge in [-0.25, -0.2) is 4.98 Å². The molecule has 1 heterocycles. The Morgan fingerprint density at radius 3 is 2.40 bits per heavy atom. The van der Waals surface area contributed by atoms with Crippen molar-refractivity contribution in [3.63, 3.8) is 0 Å². The normalized spacial score (nSPS) is 11.9. The molecule has 0 radical (unpaired) electrons. The molecule has 182 valence electrons. The highest BCUT2D eigenvalue weighted by atomic mass is 16.5. The summed E-state index contributed by atoms with van der Waals surface area (Å²) in [5, 5.41) is 2.47. The molecule has 0 aliphatic heterocycles. The monoisotopic (exact) mass is 468 g/mol. The molecule has 4 heteroatoms. The molecular weight excluding hydrogens is 432 g/mol. The Labute approximate surface area is 209 Å². The highest BCUT2D eigenvalue weighted by molar-refractivity contribution is 5.83. The molecule has 4 aromatic rings. The molecule has 35 heavy (non-hydrogen) atoms. The number of nitrogens with zero attached hydrogens (tertiary/aromatic N) is 2. The minimum atomic E-state index is 0.372. The maximum absolute atomic E-state index is 6.01. The van der Waals surface area contributed by atoms with Crippen molar-refractivity contribution in [2.75, 3.05) is 6.61 Å². The fourth-order valence-corrected chi connectivity index (χ4v) is 4.33. The molecule has 4 rings (SSSR count). The fraction of sp³-hybridized carbons (Fsp3) is 0.355. The van der Waals surface area contributed by atoms with Crippen molar-refractivity contribution in [2.45, 2.75) is 64.4 Å². The lowest BCUT2D eigenvalue weighted by atomic mass is 9.94. The first-order valence-corrected chi connectivity index (χ1v) is 12.9. The van der Waals surface area contributed by atoms with Gasteiger partial charge >= 0.3 is 0 Å². The van der Waals surface area contributed by atoms with Crippen LogP contribution in [0.15, 0.2) is 85.1 Å². The number of fused-ring (bicyclic) bond motifs is 1. The summed E-state index contributed by atoms with van der Waals surface area (Å²) in [5.41, 5.74) is 1.14. The molecule has 3 aromatic carbocycles. The second-order valence-electron chi connectivity index (χ2n) is 9.07. The van der Waals surface area contributed by atoms with Crippen LogP contribution in [0, 0.1) is 0 Å². The third kappa shape index (κ3) is 7.81. The van der Waals surface area contributed by atoms with Gasteiger partial charge in [0, 0.05) is 18.2 Å². The van der Waals surface area contributed by atoms with E-state index in [0.717, 1.165) is 55.8 Å². The van der Waals surface area contributed by atoms with E-state index in [9.17, 15) is 0 Å². The number of unbranched alkanes of at least 4 members (excludes halogenated alkanes) is 3. The van der Waals surface area contributed by atoms with Crippen molar-refractivity contribution < 1.29 is 9.47 Å². The van der Waals surface area contributed by atoms with Gasteiger partial charge in [-0.05, 0) is 47.7 Å². The van der Waals surface area contributed by atoms with Gasteiger partial charge < -0.3 is 9.47 Å². The summed E-state index contributed by atoms with van der Waals surface area (Å²) in [6, 6.07) is 26.8. The Morgan fingerprint density at radius 2 is 1.54 bits per heavy atom. The van der Waals surface area contributed by atoms with Crippen molar-refractivity contribution in [1.29, 1.82) is 0 Å². The van der Waals surface area contributed by atoms with Crippen LogP contribution in [0.1, 0.15) is 69.2 Å². The lowest BCUT2D eigenvalue weighted by molar-refractivity contribution is 0.290. The van der Waals surface area contributed by atoms with Gasteiger partial charge in [-0.2, -0.15) is 4.98 Å². The van der Waals surface area contributed by atoms with Gasteiger partial charge in [0.25, 0.3) is 0 Å². The maximum atomic E-state index is 6.01. The van der Waals surface area contributed by atoms with Crippen LogP contribution in [0.2, 0.25) is 0 Å². The first-order chi connectivity index (χ1) is 17.3. The highest BCUT2D eigenvalue weighted by Gasteiger charge is 2.15. The quantitative estimate of drug-likeness (QED) is 0.175. The number of ether oxygens (including phenoxy) is 2. The van der Waals surface area contributed by atoms with Gasteiger partial charge in [0.1, 0.15) is 18.2 Å². The Morgan fingerprint density at radius 1 is 0.743 bits per heavy atom. The predicted octanol–water partition coefficient (Wildman–Crippen LogP) is 8.12. The van der Waals surface area contributed by atoms with Crippen LogP contribution >= 0.6 is 0 Å². The van der Waals surface area contributed by atoms with E-state index in [0.29, 0.717) is 18.4 Å². The number of benzene rings is 3. The average Bonchev–Trinajstić information content (AvgIpc) is 2.91. The van der Waals surface area contributed by atoms with Crippen molar-refractivity contribution in [2.24, 2.45) is 0 Å². The second-order valence-corrected chi connectivity index (χ2v) is 9.07. The molecule has 1 aromatic heterocycles. The molecule has 0 aliphatic rings. The van der Waals surface area contributed by atoms with Gasteiger partial charge in [-0.1, -0.05) is 93.3 Å². The number of hydrogen-bond donors (Lipinski definition) is 0. The third-order valence-corrected chi connectivity index (χ3v) is 6.34. The number of hydrogen-bond acceptors (Lipinski definition) is 4. The topological polar surface area (TPSA) is 44.2 Å².